The van der Waals surface area contributed by atoms with Gasteiger partial charge in [0.15, 0.2) is 0 Å². The standard InChI is InChI=1S/C22H24O6/c1-3-17-18(27-19(24)15-10-6-4-7-11-15)22(2,14-23)21(26-17)28-20(25)16-12-8-5-9-13-16/h4-13,17-18,21,23H,3,14H2,1-2H3/t17-,18?,21?,22+/m1/s1. The summed E-state index contributed by atoms with van der Waals surface area (Å²) >= 11 is 0. The van der Waals surface area contributed by atoms with Crippen LogP contribution in [0.5, 0.6) is 0 Å². The van der Waals surface area contributed by atoms with E-state index < -0.39 is 35.9 Å². The van der Waals surface area contributed by atoms with E-state index >= 15 is 0 Å². The number of ether oxygens (including phenoxy) is 3. The van der Waals surface area contributed by atoms with E-state index in [4.69, 9.17) is 14.2 Å². The summed E-state index contributed by atoms with van der Waals surface area (Å²) in [6.45, 7) is 3.20. The molecule has 0 bridgehead atoms. The van der Waals surface area contributed by atoms with E-state index in [-0.39, 0.29) is 6.61 Å². The molecule has 2 unspecified atom stereocenters. The second-order valence-corrected chi connectivity index (χ2v) is 7.04. The molecule has 0 aromatic heterocycles. The van der Waals surface area contributed by atoms with Gasteiger partial charge in [0.05, 0.1) is 29.3 Å². The highest BCUT2D eigenvalue weighted by Crippen LogP contribution is 2.42. The third kappa shape index (κ3) is 3.93. The normalized spacial score (nSPS) is 26.6. The van der Waals surface area contributed by atoms with Gasteiger partial charge >= 0.3 is 11.9 Å². The summed E-state index contributed by atoms with van der Waals surface area (Å²) in [4.78, 5) is 25.0. The molecule has 2 aromatic rings. The van der Waals surface area contributed by atoms with Crippen LogP contribution < -0.4 is 0 Å². The van der Waals surface area contributed by atoms with E-state index in [1.54, 1.807) is 67.6 Å². The highest BCUT2D eigenvalue weighted by molar-refractivity contribution is 5.90. The number of carbonyl (C=O) groups excluding carboxylic acids is 2. The number of carbonyl (C=O) groups is 2. The molecule has 1 aliphatic heterocycles. The van der Waals surface area contributed by atoms with Crippen molar-refractivity contribution in [2.45, 2.75) is 38.8 Å². The minimum atomic E-state index is -1.09. The molecule has 1 N–H and O–H groups in total. The molecule has 0 saturated carbocycles. The minimum absolute atomic E-state index is 0.372. The predicted molar refractivity (Wildman–Crippen MR) is 102 cm³/mol. The zero-order chi connectivity index (χ0) is 20.1. The Hall–Kier alpha value is -2.70. The van der Waals surface area contributed by atoms with Gasteiger partial charge in [-0.05, 0) is 37.6 Å². The van der Waals surface area contributed by atoms with Crippen LogP contribution in [0, 0.1) is 5.41 Å². The van der Waals surface area contributed by atoms with Gasteiger partial charge in [-0.1, -0.05) is 43.3 Å². The van der Waals surface area contributed by atoms with Crippen molar-refractivity contribution in [3.05, 3.63) is 71.8 Å². The van der Waals surface area contributed by atoms with E-state index in [1.807, 2.05) is 6.92 Å². The van der Waals surface area contributed by atoms with E-state index in [0.717, 1.165) is 0 Å². The van der Waals surface area contributed by atoms with E-state index in [2.05, 4.69) is 0 Å². The van der Waals surface area contributed by atoms with Crippen molar-refractivity contribution in [2.75, 3.05) is 6.61 Å². The number of hydrogen-bond donors (Lipinski definition) is 1. The lowest BCUT2D eigenvalue weighted by Gasteiger charge is -2.32. The molecule has 1 saturated heterocycles. The number of benzene rings is 2. The highest BCUT2D eigenvalue weighted by Gasteiger charge is 2.57. The molecule has 6 heteroatoms. The van der Waals surface area contributed by atoms with Crippen LogP contribution in [0.25, 0.3) is 0 Å². The Kier molecular flexibility index (Phi) is 6.11. The van der Waals surface area contributed by atoms with Gasteiger partial charge in [-0.2, -0.15) is 0 Å². The highest BCUT2D eigenvalue weighted by atomic mass is 16.7. The van der Waals surface area contributed by atoms with Crippen molar-refractivity contribution in [2.24, 2.45) is 5.41 Å². The average Bonchev–Trinajstić information content (AvgIpc) is 3.01. The van der Waals surface area contributed by atoms with Crippen LogP contribution in [0.3, 0.4) is 0 Å². The fourth-order valence-corrected chi connectivity index (χ4v) is 3.29. The van der Waals surface area contributed by atoms with Crippen LogP contribution in [-0.2, 0) is 14.2 Å². The lowest BCUT2D eigenvalue weighted by atomic mass is 9.83. The molecule has 1 heterocycles. The third-order valence-corrected chi connectivity index (χ3v) is 5.03. The van der Waals surface area contributed by atoms with Crippen LogP contribution in [0.1, 0.15) is 41.0 Å². The van der Waals surface area contributed by atoms with Crippen molar-refractivity contribution in [1.29, 1.82) is 0 Å². The zero-order valence-electron chi connectivity index (χ0n) is 15.9. The van der Waals surface area contributed by atoms with Gasteiger partial charge in [0.2, 0.25) is 6.29 Å². The van der Waals surface area contributed by atoms with Gasteiger partial charge in [-0.3, -0.25) is 0 Å². The molecule has 148 valence electrons. The maximum atomic E-state index is 12.5. The Labute approximate surface area is 164 Å². The first-order chi connectivity index (χ1) is 13.5. The Morgan fingerprint density at radius 2 is 1.46 bits per heavy atom. The van der Waals surface area contributed by atoms with Gasteiger partial charge in [-0.25, -0.2) is 9.59 Å². The molecular formula is C22H24O6. The lowest BCUT2D eigenvalue weighted by Crippen LogP contribution is -2.45. The summed E-state index contributed by atoms with van der Waals surface area (Å²) in [5.74, 6) is -1.07. The average molecular weight is 384 g/mol. The lowest BCUT2D eigenvalue weighted by molar-refractivity contribution is -0.148. The fourth-order valence-electron chi connectivity index (χ4n) is 3.29. The first-order valence-corrected chi connectivity index (χ1v) is 9.28. The largest absolute Gasteiger partial charge is 0.455 e. The van der Waals surface area contributed by atoms with E-state index in [0.29, 0.717) is 17.5 Å². The summed E-state index contributed by atoms with van der Waals surface area (Å²) in [7, 11) is 0. The SMILES string of the molecule is CC[C@H]1OC(OC(=O)c2ccccc2)[C@@](C)(CO)C1OC(=O)c1ccccc1. The Morgan fingerprint density at radius 3 is 1.93 bits per heavy atom. The van der Waals surface area contributed by atoms with Gasteiger partial charge < -0.3 is 19.3 Å². The Morgan fingerprint density at radius 1 is 0.964 bits per heavy atom. The maximum absolute atomic E-state index is 12.5. The predicted octanol–water partition coefficient (Wildman–Crippen LogP) is 3.20. The van der Waals surface area contributed by atoms with Crippen molar-refractivity contribution in [3.63, 3.8) is 0 Å². The van der Waals surface area contributed by atoms with E-state index in [9.17, 15) is 14.7 Å². The van der Waals surface area contributed by atoms with Crippen LogP contribution in [0.2, 0.25) is 0 Å². The number of hydrogen-bond acceptors (Lipinski definition) is 6. The number of aliphatic hydroxyl groups is 1. The van der Waals surface area contributed by atoms with Gasteiger partial charge in [0.25, 0.3) is 0 Å². The summed E-state index contributed by atoms with van der Waals surface area (Å²) in [6.07, 6.45) is -1.77. The molecule has 0 amide bonds. The molecule has 3 rings (SSSR count). The fraction of sp³-hybridized carbons (Fsp3) is 0.364. The quantitative estimate of drug-likeness (QED) is 0.770. The third-order valence-electron chi connectivity index (χ3n) is 5.03. The van der Waals surface area contributed by atoms with Crippen molar-refractivity contribution in [1.82, 2.24) is 0 Å². The summed E-state index contributed by atoms with van der Waals surface area (Å²) < 4.78 is 17.1. The molecule has 0 aliphatic carbocycles. The van der Waals surface area contributed by atoms with Crippen LogP contribution in [0.15, 0.2) is 60.7 Å². The van der Waals surface area contributed by atoms with Crippen LogP contribution in [-0.4, -0.2) is 42.1 Å². The molecule has 28 heavy (non-hydrogen) atoms. The molecule has 2 aromatic carbocycles. The molecule has 6 nitrogen and oxygen atoms in total. The smallest absolute Gasteiger partial charge is 0.340 e. The Balaban J connectivity index is 1.80. The van der Waals surface area contributed by atoms with Gasteiger partial charge in [0.1, 0.15) is 6.10 Å². The first kappa shape index (κ1) is 20.0. The maximum Gasteiger partial charge on any atom is 0.340 e. The molecular weight excluding hydrogens is 360 g/mol. The summed E-state index contributed by atoms with van der Waals surface area (Å²) in [6, 6.07) is 17.1. The number of aliphatic hydroxyl groups excluding tert-OH is 1. The topological polar surface area (TPSA) is 82.1 Å². The van der Waals surface area contributed by atoms with E-state index in [1.165, 1.54) is 0 Å². The molecule has 4 atom stereocenters. The van der Waals surface area contributed by atoms with Gasteiger partial charge in [0, 0.05) is 0 Å². The van der Waals surface area contributed by atoms with Crippen molar-refractivity contribution < 1.29 is 28.9 Å². The first-order valence-electron chi connectivity index (χ1n) is 9.28. The minimum Gasteiger partial charge on any atom is -0.455 e. The summed E-state index contributed by atoms with van der Waals surface area (Å²) in [5.41, 5.74) is -0.304. The second-order valence-electron chi connectivity index (χ2n) is 7.04. The monoisotopic (exact) mass is 384 g/mol. The van der Waals surface area contributed by atoms with Crippen LogP contribution in [0.4, 0.5) is 0 Å². The summed E-state index contributed by atoms with van der Waals surface area (Å²) in [5, 5.41) is 10.1. The zero-order valence-corrected chi connectivity index (χ0v) is 15.9. The van der Waals surface area contributed by atoms with Crippen molar-refractivity contribution >= 4 is 11.9 Å². The van der Waals surface area contributed by atoms with Crippen LogP contribution >= 0.6 is 0 Å². The van der Waals surface area contributed by atoms with Crippen molar-refractivity contribution in [3.8, 4) is 0 Å². The van der Waals surface area contributed by atoms with Gasteiger partial charge in [-0.15, -0.1) is 0 Å². The second kappa shape index (κ2) is 8.54. The Bertz CT molecular complexity index is 806. The molecule has 0 spiro atoms. The number of rotatable bonds is 6. The molecule has 0 radical (unpaired) electrons. The molecule has 1 fully saturated rings. The number of esters is 2. The molecule has 1 aliphatic rings.